The lowest BCUT2D eigenvalue weighted by atomic mass is 10.1. The number of aromatic nitrogens is 2. The molecule has 0 aliphatic rings. The maximum absolute atomic E-state index is 11.3. The van der Waals surface area contributed by atoms with Crippen LogP contribution in [0.1, 0.15) is 23.7 Å². The first-order valence-electron chi connectivity index (χ1n) is 9.18. The van der Waals surface area contributed by atoms with Gasteiger partial charge in [0.15, 0.2) is 5.88 Å². The average molecular weight is 395 g/mol. The lowest BCUT2D eigenvalue weighted by Gasteiger charge is -2.26. The summed E-state index contributed by atoms with van der Waals surface area (Å²) in [5, 5.41) is 19.3. The number of nitrogens with zero attached hydrogens (tertiary/aromatic N) is 3. The van der Waals surface area contributed by atoms with E-state index in [0.29, 0.717) is 0 Å². The van der Waals surface area contributed by atoms with Crippen LogP contribution in [0.25, 0.3) is 23.0 Å². The molecule has 0 aliphatic carbocycles. The SMILES string of the molecule is Cc1ccc(-c2nc3ccc(C)cn3c2C=C(OC(C)(O)C(=O)O)N(C)C)cc1. The third-order valence-corrected chi connectivity index (χ3v) is 4.53. The molecule has 2 heterocycles. The van der Waals surface area contributed by atoms with Gasteiger partial charge in [0.25, 0.3) is 0 Å². The number of imidazole rings is 1. The maximum atomic E-state index is 11.3. The monoisotopic (exact) mass is 395 g/mol. The van der Waals surface area contributed by atoms with E-state index in [-0.39, 0.29) is 5.88 Å². The number of fused-ring (bicyclic) bond motifs is 1. The number of carboxylic acid groups (broad SMARTS) is 1. The average Bonchev–Trinajstić information content (AvgIpc) is 2.99. The highest BCUT2D eigenvalue weighted by atomic mass is 16.7. The van der Waals surface area contributed by atoms with E-state index in [1.54, 1.807) is 25.1 Å². The van der Waals surface area contributed by atoms with Gasteiger partial charge in [-0.25, -0.2) is 9.78 Å². The molecule has 2 N–H and O–H groups in total. The Kier molecular flexibility index (Phi) is 5.35. The summed E-state index contributed by atoms with van der Waals surface area (Å²) < 4.78 is 7.35. The Morgan fingerprint density at radius 2 is 1.76 bits per heavy atom. The van der Waals surface area contributed by atoms with Crippen LogP contribution in [-0.2, 0) is 9.53 Å². The maximum Gasteiger partial charge on any atom is 0.376 e. The number of ether oxygens (including phenoxy) is 1. The molecule has 2 aromatic heterocycles. The van der Waals surface area contributed by atoms with Crippen LogP contribution in [0.3, 0.4) is 0 Å². The summed E-state index contributed by atoms with van der Waals surface area (Å²) in [7, 11) is 3.42. The van der Waals surface area contributed by atoms with Gasteiger partial charge in [-0.05, 0) is 25.5 Å². The standard InChI is InChI=1S/C22H25N3O4/c1-14-6-9-16(10-7-14)20-17(25-13-15(2)8-11-18(25)23-20)12-19(24(4)5)29-22(3,28)21(26)27/h6-13,28H,1-5H3,(H,26,27). The second-order valence-corrected chi connectivity index (χ2v) is 7.41. The van der Waals surface area contributed by atoms with Gasteiger partial charge < -0.3 is 19.8 Å². The summed E-state index contributed by atoms with van der Waals surface area (Å²) in [6, 6.07) is 11.9. The number of pyridine rings is 1. The van der Waals surface area contributed by atoms with E-state index in [2.05, 4.69) is 0 Å². The number of hydrogen-bond acceptors (Lipinski definition) is 5. The molecule has 1 atom stereocenters. The first-order chi connectivity index (χ1) is 13.6. The van der Waals surface area contributed by atoms with Crippen LogP contribution in [0.15, 0.2) is 48.5 Å². The molecule has 0 spiro atoms. The number of carbonyl (C=O) groups is 1. The quantitative estimate of drug-likeness (QED) is 0.492. The van der Waals surface area contributed by atoms with Crippen LogP contribution < -0.4 is 0 Å². The number of aryl methyl sites for hydroxylation is 2. The third-order valence-electron chi connectivity index (χ3n) is 4.53. The Hall–Kier alpha value is -3.32. The van der Waals surface area contributed by atoms with Crippen LogP contribution in [0.2, 0.25) is 0 Å². The molecule has 29 heavy (non-hydrogen) atoms. The van der Waals surface area contributed by atoms with Crippen LogP contribution in [0.4, 0.5) is 0 Å². The van der Waals surface area contributed by atoms with Crippen molar-refractivity contribution in [2.24, 2.45) is 0 Å². The molecule has 0 saturated heterocycles. The number of aliphatic hydroxyl groups is 1. The summed E-state index contributed by atoms with van der Waals surface area (Å²) in [4.78, 5) is 17.7. The van der Waals surface area contributed by atoms with Gasteiger partial charge in [-0.2, -0.15) is 0 Å². The molecule has 0 saturated carbocycles. The van der Waals surface area contributed by atoms with Crippen LogP contribution in [0, 0.1) is 13.8 Å². The molecular formula is C22H25N3O4. The van der Waals surface area contributed by atoms with E-state index in [9.17, 15) is 15.0 Å². The Bertz CT molecular complexity index is 1080. The molecule has 3 aromatic rings. The molecule has 1 unspecified atom stereocenters. The summed E-state index contributed by atoms with van der Waals surface area (Å²) in [6.07, 6.45) is 3.64. The number of aliphatic carboxylic acids is 1. The van der Waals surface area contributed by atoms with Gasteiger partial charge in [0.1, 0.15) is 5.65 Å². The van der Waals surface area contributed by atoms with E-state index in [4.69, 9.17) is 9.72 Å². The van der Waals surface area contributed by atoms with Crippen molar-refractivity contribution in [3.05, 3.63) is 65.3 Å². The first-order valence-corrected chi connectivity index (χ1v) is 9.18. The highest BCUT2D eigenvalue weighted by Gasteiger charge is 2.34. The molecule has 0 fully saturated rings. The highest BCUT2D eigenvalue weighted by Crippen LogP contribution is 2.28. The van der Waals surface area contributed by atoms with Crippen LogP contribution in [0.5, 0.6) is 0 Å². The largest absolute Gasteiger partial charge is 0.476 e. The minimum absolute atomic E-state index is 0.189. The summed E-state index contributed by atoms with van der Waals surface area (Å²) in [5.74, 6) is -3.65. The van der Waals surface area contributed by atoms with Gasteiger partial charge in [-0.3, -0.25) is 4.40 Å². The molecule has 1 aromatic carbocycles. The summed E-state index contributed by atoms with van der Waals surface area (Å²) in [6.45, 7) is 5.09. The zero-order valence-corrected chi connectivity index (χ0v) is 17.2. The Morgan fingerprint density at radius 3 is 2.34 bits per heavy atom. The topological polar surface area (TPSA) is 87.3 Å². The molecular weight excluding hydrogens is 370 g/mol. The Morgan fingerprint density at radius 1 is 1.14 bits per heavy atom. The minimum Gasteiger partial charge on any atom is -0.476 e. The predicted molar refractivity (Wildman–Crippen MR) is 111 cm³/mol. The normalized spacial score (nSPS) is 13.9. The van der Waals surface area contributed by atoms with Gasteiger partial charge in [-0.15, -0.1) is 0 Å². The molecule has 0 aliphatic heterocycles. The van der Waals surface area contributed by atoms with Crippen LogP contribution in [-0.4, -0.2) is 50.3 Å². The zero-order chi connectivity index (χ0) is 21.3. The van der Waals surface area contributed by atoms with Crippen molar-refractivity contribution in [1.82, 2.24) is 14.3 Å². The number of benzene rings is 1. The molecule has 0 radical (unpaired) electrons. The van der Waals surface area contributed by atoms with Gasteiger partial charge >= 0.3 is 11.8 Å². The second kappa shape index (κ2) is 7.60. The van der Waals surface area contributed by atoms with Gasteiger partial charge in [0.05, 0.1) is 11.4 Å². The van der Waals surface area contributed by atoms with Crippen molar-refractivity contribution in [1.29, 1.82) is 0 Å². The molecule has 0 amide bonds. The smallest absolute Gasteiger partial charge is 0.376 e. The predicted octanol–water partition coefficient (Wildman–Crippen LogP) is 3.29. The summed E-state index contributed by atoms with van der Waals surface area (Å²) in [5.41, 5.74) is 5.31. The van der Waals surface area contributed by atoms with E-state index in [1.807, 2.05) is 60.8 Å². The number of rotatable bonds is 6. The fourth-order valence-electron chi connectivity index (χ4n) is 2.84. The lowest BCUT2D eigenvalue weighted by molar-refractivity contribution is -0.208. The first kappa shape index (κ1) is 20.4. The van der Waals surface area contributed by atoms with Gasteiger partial charge in [-0.1, -0.05) is 35.9 Å². The molecule has 152 valence electrons. The van der Waals surface area contributed by atoms with E-state index in [1.165, 1.54) is 0 Å². The van der Waals surface area contributed by atoms with Crippen molar-refractivity contribution >= 4 is 17.7 Å². The van der Waals surface area contributed by atoms with Crippen molar-refractivity contribution < 1.29 is 19.7 Å². The summed E-state index contributed by atoms with van der Waals surface area (Å²) >= 11 is 0. The Balaban J connectivity index is 2.23. The third kappa shape index (κ3) is 4.25. The highest BCUT2D eigenvalue weighted by molar-refractivity contribution is 5.76. The lowest BCUT2D eigenvalue weighted by Crippen LogP contribution is -2.39. The van der Waals surface area contributed by atoms with E-state index >= 15 is 0 Å². The molecule has 0 bridgehead atoms. The van der Waals surface area contributed by atoms with E-state index in [0.717, 1.165) is 40.6 Å². The van der Waals surface area contributed by atoms with Gasteiger partial charge in [0, 0.05) is 38.9 Å². The zero-order valence-electron chi connectivity index (χ0n) is 17.2. The fourth-order valence-corrected chi connectivity index (χ4v) is 2.84. The number of hydrogen-bond donors (Lipinski definition) is 2. The minimum atomic E-state index is -2.36. The van der Waals surface area contributed by atoms with Crippen molar-refractivity contribution in [3.8, 4) is 11.3 Å². The van der Waals surface area contributed by atoms with Gasteiger partial charge in [0.2, 0.25) is 0 Å². The van der Waals surface area contributed by atoms with Crippen molar-refractivity contribution in [3.63, 3.8) is 0 Å². The molecule has 3 rings (SSSR count). The van der Waals surface area contributed by atoms with Crippen LogP contribution >= 0.6 is 0 Å². The molecule has 7 heteroatoms. The molecule has 7 nitrogen and oxygen atoms in total. The number of carboxylic acids is 1. The Labute approximate surface area is 169 Å². The second-order valence-electron chi connectivity index (χ2n) is 7.41. The van der Waals surface area contributed by atoms with Crippen molar-refractivity contribution in [2.75, 3.05) is 14.1 Å². The fraction of sp³-hybridized carbons (Fsp3) is 0.273. The van der Waals surface area contributed by atoms with E-state index < -0.39 is 11.8 Å². The van der Waals surface area contributed by atoms with Crippen molar-refractivity contribution in [2.45, 2.75) is 26.6 Å².